The van der Waals surface area contributed by atoms with E-state index in [4.69, 9.17) is 18.0 Å². The van der Waals surface area contributed by atoms with E-state index >= 15 is 0 Å². The van der Waals surface area contributed by atoms with Crippen LogP contribution in [0.4, 0.5) is 0 Å². The van der Waals surface area contributed by atoms with Gasteiger partial charge in [0.05, 0.1) is 0 Å². The van der Waals surface area contributed by atoms with Crippen molar-refractivity contribution in [2.24, 2.45) is 12.8 Å². The van der Waals surface area contributed by atoms with E-state index in [-0.39, 0.29) is 0 Å². The number of aromatic nitrogens is 3. The van der Waals surface area contributed by atoms with Gasteiger partial charge in [-0.2, -0.15) is 5.10 Å². The number of rotatable bonds is 2. The molecule has 0 aliphatic carbocycles. The second kappa shape index (κ2) is 3.47. The molecule has 2 rings (SSSR count). The topological polar surface area (TPSA) is 56.7 Å². The van der Waals surface area contributed by atoms with Crippen molar-refractivity contribution in [2.45, 2.75) is 0 Å². The molecule has 2 heterocycles. The molecule has 0 radical (unpaired) electrons. The first kappa shape index (κ1) is 9.29. The molecular formula is C8H8N4S2. The Bertz CT molecular complexity index is 471. The number of nitrogens with zero attached hydrogens (tertiary/aromatic N) is 3. The molecule has 72 valence electrons. The monoisotopic (exact) mass is 224 g/mol. The first-order valence-electron chi connectivity index (χ1n) is 3.92. The highest BCUT2D eigenvalue weighted by atomic mass is 32.1. The molecule has 14 heavy (non-hydrogen) atoms. The third kappa shape index (κ3) is 1.66. The lowest BCUT2D eigenvalue weighted by molar-refractivity contribution is 0.770. The van der Waals surface area contributed by atoms with Gasteiger partial charge in [0.1, 0.15) is 21.4 Å². The van der Waals surface area contributed by atoms with E-state index in [0.717, 1.165) is 10.7 Å². The van der Waals surface area contributed by atoms with E-state index in [0.29, 0.717) is 10.7 Å². The highest BCUT2D eigenvalue weighted by Gasteiger charge is 2.08. The van der Waals surface area contributed by atoms with Gasteiger partial charge in [0, 0.05) is 18.6 Å². The largest absolute Gasteiger partial charge is 0.388 e. The van der Waals surface area contributed by atoms with Gasteiger partial charge in [-0.3, -0.25) is 4.68 Å². The molecule has 2 N–H and O–H groups in total. The average Bonchev–Trinajstić information content (AvgIpc) is 2.70. The summed E-state index contributed by atoms with van der Waals surface area (Å²) < 4.78 is 1.73. The third-order valence-electron chi connectivity index (χ3n) is 1.69. The van der Waals surface area contributed by atoms with Crippen LogP contribution in [-0.2, 0) is 7.05 Å². The smallest absolute Gasteiger partial charge is 0.144 e. The van der Waals surface area contributed by atoms with Gasteiger partial charge in [-0.15, -0.1) is 11.3 Å². The van der Waals surface area contributed by atoms with Gasteiger partial charge in [-0.05, 0) is 6.07 Å². The first-order chi connectivity index (χ1) is 6.66. The standard InChI is InChI=1S/C8H8N4S2/c1-12-3-2-5(11-12)8-10-6(4-14-8)7(9)13/h2-4H,1H3,(H2,9,13). The van der Waals surface area contributed by atoms with E-state index in [1.165, 1.54) is 11.3 Å². The van der Waals surface area contributed by atoms with Gasteiger partial charge in [0.25, 0.3) is 0 Å². The summed E-state index contributed by atoms with van der Waals surface area (Å²) in [5, 5.41) is 6.91. The summed E-state index contributed by atoms with van der Waals surface area (Å²) in [5.74, 6) is 0. The predicted octanol–water partition coefficient (Wildman–Crippen LogP) is 1.18. The average molecular weight is 224 g/mol. The van der Waals surface area contributed by atoms with Crippen molar-refractivity contribution < 1.29 is 0 Å². The lowest BCUT2D eigenvalue weighted by Gasteiger charge is -1.88. The first-order valence-corrected chi connectivity index (χ1v) is 5.21. The Morgan fingerprint density at radius 1 is 1.64 bits per heavy atom. The number of thiocarbonyl (C=S) groups is 1. The molecule has 4 nitrogen and oxygen atoms in total. The van der Waals surface area contributed by atoms with Crippen molar-refractivity contribution in [3.05, 3.63) is 23.3 Å². The summed E-state index contributed by atoms with van der Waals surface area (Å²) in [6, 6.07) is 1.90. The van der Waals surface area contributed by atoms with E-state index < -0.39 is 0 Å². The SMILES string of the molecule is Cn1ccc(-c2nc(C(N)=S)cs2)n1. The van der Waals surface area contributed by atoms with Crippen molar-refractivity contribution in [3.63, 3.8) is 0 Å². The minimum absolute atomic E-state index is 0.323. The van der Waals surface area contributed by atoms with Crippen LogP contribution in [-0.4, -0.2) is 19.8 Å². The van der Waals surface area contributed by atoms with Crippen molar-refractivity contribution >= 4 is 28.5 Å². The molecular weight excluding hydrogens is 216 g/mol. The number of nitrogens with two attached hydrogens (primary N) is 1. The molecule has 0 aliphatic rings. The van der Waals surface area contributed by atoms with Gasteiger partial charge in [0.2, 0.25) is 0 Å². The van der Waals surface area contributed by atoms with Crippen LogP contribution in [0.2, 0.25) is 0 Å². The Morgan fingerprint density at radius 3 is 2.93 bits per heavy atom. The molecule has 0 spiro atoms. The fraction of sp³-hybridized carbons (Fsp3) is 0.125. The highest BCUT2D eigenvalue weighted by molar-refractivity contribution is 7.80. The fourth-order valence-corrected chi connectivity index (χ4v) is 2.00. The van der Waals surface area contributed by atoms with Crippen LogP contribution < -0.4 is 5.73 Å². The van der Waals surface area contributed by atoms with Crippen LogP contribution in [0.5, 0.6) is 0 Å². The number of hydrogen-bond donors (Lipinski definition) is 1. The Labute approximate surface area is 90.4 Å². The summed E-state index contributed by atoms with van der Waals surface area (Å²) in [7, 11) is 1.87. The maximum Gasteiger partial charge on any atom is 0.144 e. The Morgan fingerprint density at radius 2 is 2.43 bits per heavy atom. The van der Waals surface area contributed by atoms with Crippen molar-refractivity contribution in [2.75, 3.05) is 0 Å². The van der Waals surface area contributed by atoms with Gasteiger partial charge in [-0.25, -0.2) is 4.98 Å². The minimum atomic E-state index is 0.323. The third-order valence-corrected chi connectivity index (χ3v) is 2.76. The van der Waals surface area contributed by atoms with Crippen molar-refractivity contribution in [1.29, 1.82) is 0 Å². The van der Waals surface area contributed by atoms with Crippen LogP contribution in [0.1, 0.15) is 5.69 Å². The normalized spacial score (nSPS) is 10.4. The second-order valence-electron chi connectivity index (χ2n) is 2.78. The zero-order valence-electron chi connectivity index (χ0n) is 7.47. The molecule has 6 heteroatoms. The lowest BCUT2D eigenvalue weighted by Crippen LogP contribution is -2.09. The highest BCUT2D eigenvalue weighted by Crippen LogP contribution is 2.21. The number of thiazole rings is 1. The van der Waals surface area contributed by atoms with E-state index in [9.17, 15) is 0 Å². The summed E-state index contributed by atoms with van der Waals surface area (Å²) in [6.07, 6.45) is 1.87. The predicted molar refractivity (Wildman–Crippen MR) is 60.2 cm³/mol. The molecule has 0 saturated carbocycles. The van der Waals surface area contributed by atoms with Gasteiger partial charge in [-0.1, -0.05) is 12.2 Å². The van der Waals surface area contributed by atoms with E-state index in [1.54, 1.807) is 4.68 Å². The summed E-state index contributed by atoms with van der Waals surface area (Å²) in [4.78, 5) is 4.59. The Hall–Kier alpha value is -1.27. The van der Waals surface area contributed by atoms with Gasteiger partial charge in [0.15, 0.2) is 0 Å². The van der Waals surface area contributed by atoms with Crippen LogP contribution in [0, 0.1) is 0 Å². The molecule has 0 unspecified atom stereocenters. The second-order valence-corrected chi connectivity index (χ2v) is 4.07. The lowest BCUT2D eigenvalue weighted by atomic mass is 10.4. The van der Waals surface area contributed by atoms with E-state index in [1.807, 2.05) is 24.7 Å². The van der Waals surface area contributed by atoms with Crippen molar-refractivity contribution in [1.82, 2.24) is 14.8 Å². The molecule has 0 aromatic carbocycles. The van der Waals surface area contributed by atoms with E-state index in [2.05, 4.69) is 10.1 Å². The maximum absolute atomic E-state index is 5.46. The Kier molecular flexibility index (Phi) is 2.30. The summed E-state index contributed by atoms with van der Waals surface area (Å²) >= 11 is 6.32. The number of aryl methyl sites for hydroxylation is 1. The van der Waals surface area contributed by atoms with Crippen LogP contribution in [0.25, 0.3) is 10.7 Å². The molecule has 2 aromatic heterocycles. The summed E-state index contributed by atoms with van der Waals surface area (Å²) in [6.45, 7) is 0. The molecule has 0 bridgehead atoms. The van der Waals surface area contributed by atoms with Crippen LogP contribution in [0.15, 0.2) is 17.6 Å². The molecule has 0 atom stereocenters. The molecule has 2 aromatic rings. The van der Waals surface area contributed by atoms with Gasteiger partial charge >= 0.3 is 0 Å². The number of hydrogen-bond acceptors (Lipinski definition) is 4. The minimum Gasteiger partial charge on any atom is -0.388 e. The Balaban J connectivity index is 2.38. The quantitative estimate of drug-likeness (QED) is 0.778. The van der Waals surface area contributed by atoms with Crippen molar-refractivity contribution in [3.8, 4) is 10.7 Å². The van der Waals surface area contributed by atoms with Gasteiger partial charge < -0.3 is 5.73 Å². The molecule has 0 fully saturated rings. The zero-order valence-corrected chi connectivity index (χ0v) is 9.10. The maximum atomic E-state index is 5.46. The molecule has 0 aliphatic heterocycles. The summed E-state index contributed by atoms with van der Waals surface area (Å²) in [5.41, 5.74) is 6.97. The fourth-order valence-electron chi connectivity index (χ4n) is 1.03. The van der Waals surface area contributed by atoms with Crippen LogP contribution >= 0.6 is 23.6 Å². The van der Waals surface area contributed by atoms with Crippen LogP contribution in [0.3, 0.4) is 0 Å². The zero-order chi connectivity index (χ0) is 10.1. The molecule has 0 saturated heterocycles. The molecule has 0 amide bonds.